The molecule has 0 aromatic heterocycles. The Morgan fingerprint density at radius 3 is 2.75 bits per heavy atom. The molecule has 0 radical (unpaired) electrons. The van der Waals surface area contributed by atoms with Gasteiger partial charge < -0.3 is 10.5 Å². The summed E-state index contributed by atoms with van der Waals surface area (Å²) in [6.45, 7) is 0.883. The SMILES string of the molecule is CS(=O)(=O)CCCC(N)CCC1CCCO1. The maximum atomic E-state index is 10.9. The van der Waals surface area contributed by atoms with Crippen molar-refractivity contribution in [2.75, 3.05) is 18.6 Å². The lowest BCUT2D eigenvalue weighted by Gasteiger charge is -2.14. The standard InChI is InChI=1S/C11H23NO3S/c1-16(13,14)9-3-4-10(12)6-7-11-5-2-8-15-11/h10-11H,2-9,12H2,1H3. The van der Waals surface area contributed by atoms with Crippen molar-refractivity contribution >= 4 is 9.84 Å². The maximum absolute atomic E-state index is 10.9. The van der Waals surface area contributed by atoms with Crippen molar-refractivity contribution in [3.05, 3.63) is 0 Å². The van der Waals surface area contributed by atoms with Crippen LogP contribution in [0.4, 0.5) is 0 Å². The summed E-state index contributed by atoms with van der Waals surface area (Å²) in [5.41, 5.74) is 5.93. The third-order valence-electron chi connectivity index (χ3n) is 2.97. The first-order valence-corrected chi connectivity index (χ1v) is 8.08. The fraction of sp³-hybridized carbons (Fsp3) is 1.00. The molecule has 1 rings (SSSR count). The van der Waals surface area contributed by atoms with E-state index < -0.39 is 9.84 Å². The van der Waals surface area contributed by atoms with Gasteiger partial charge in [-0.1, -0.05) is 0 Å². The molecule has 2 atom stereocenters. The monoisotopic (exact) mass is 249 g/mol. The van der Waals surface area contributed by atoms with E-state index in [1.54, 1.807) is 0 Å². The molecule has 0 amide bonds. The second kappa shape index (κ2) is 6.57. The Morgan fingerprint density at radius 1 is 1.44 bits per heavy atom. The van der Waals surface area contributed by atoms with Gasteiger partial charge in [-0.3, -0.25) is 0 Å². The summed E-state index contributed by atoms with van der Waals surface area (Å²) >= 11 is 0. The van der Waals surface area contributed by atoms with Crippen LogP contribution in [-0.2, 0) is 14.6 Å². The van der Waals surface area contributed by atoms with Crippen LogP contribution in [0.5, 0.6) is 0 Å². The van der Waals surface area contributed by atoms with Crippen LogP contribution in [0.2, 0.25) is 0 Å². The minimum Gasteiger partial charge on any atom is -0.378 e. The first-order chi connectivity index (χ1) is 7.47. The molecule has 16 heavy (non-hydrogen) atoms. The van der Waals surface area contributed by atoms with Gasteiger partial charge in [-0.2, -0.15) is 0 Å². The van der Waals surface area contributed by atoms with Crippen LogP contribution < -0.4 is 5.73 Å². The molecule has 0 aromatic carbocycles. The van der Waals surface area contributed by atoms with E-state index in [1.165, 1.54) is 6.26 Å². The molecule has 1 fully saturated rings. The minimum absolute atomic E-state index is 0.117. The Bertz CT molecular complexity index is 284. The molecule has 96 valence electrons. The Labute approximate surface area is 98.5 Å². The van der Waals surface area contributed by atoms with Crippen LogP contribution in [0, 0.1) is 0 Å². The number of hydrogen-bond donors (Lipinski definition) is 1. The third-order valence-corrected chi connectivity index (χ3v) is 4.00. The quantitative estimate of drug-likeness (QED) is 0.733. The van der Waals surface area contributed by atoms with E-state index in [9.17, 15) is 8.42 Å². The molecule has 0 saturated carbocycles. The fourth-order valence-electron chi connectivity index (χ4n) is 2.02. The van der Waals surface area contributed by atoms with Crippen molar-refractivity contribution in [2.24, 2.45) is 5.73 Å². The van der Waals surface area contributed by atoms with Crippen LogP contribution in [-0.4, -0.2) is 39.2 Å². The zero-order valence-electron chi connectivity index (χ0n) is 10.0. The van der Waals surface area contributed by atoms with E-state index in [1.807, 2.05) is 0 Å². The topological polar surface area (TPSA) is 69.4 Å². The zero-order chi connectivity index (χ0) is 12.0. The van der Waals surface area contributed by atoms with Gasteiger partial charge in [0, 0.05) is 24.7 Å². The summed E-state index contributed by atoms with van der Waals surface area (Å²) in [4.78, 5) is 0. The summed E-state index contributed by atoms with van der Waals surface area (Å²) in [6, 6.07) is 0.117. The fourth-order valence-corrected chi connectivity index (χ4v) is 2.72. The molecule has 2 unspecified atom stereocenters. The highest BCUT2D eigenvalue weighted by Gasteiger charge is 2.16. The van der Waals surface area contributed by atoms with E-state index in [2.05, 4.69) is 0 Å². The number of ether oxygens (including phenoxy) is 1. The molecule has 0 bridgehead atoms. The zero-order valence-corrected chi connectivity index (χ0v) is 10.8. The predicted octanol–water partition coefficient (Wildman–Crippen LogP) is 1.10. The highest BCUT2D eigenvalue weighted by Crippen LogP contribution is 2.18. The van der Waals surface area contributed by atoms with Crippen molar-refractivity contribution in [1.29, 1.82) is 0 Å². The largest absolute Gasteiger partial charge is 0.378 e. The van der Waals surface area contributed by atoms with Crippen LogP contribution in [0.25, 0.3) is 0 Å². The Hall–Kier alpha value is -0.130. The second-order valence-electron chi connectivity index (χ2n) is 4.74. The first-order valence-electron chi connectivity index (χ1n) is 6.02. The van der Waals surface area contributed by atoms with Gasteiger partial charge in [0.15, 0.2) is 0 Å². The summed E-state index contributed by atoms with van der Waals surface area (Å²) in [6.07, 6.45) is 7.38. The second-order valence-corrected chi connectivity index (χ2v) is 7.00. The normalized spacial score (nSPS) is 23.5. The van der Waals surface area contributed by atoms with E-state index in [0.717, 1.165) is 38.7 Å². The molecule has 0 aliphatic carbocycles. The van der Waals surface area contributed by atoms with Gasteiger partial charge in [0.2, 0.25) is 0 Å². The Morgan fingerprint density at radius 2 is 2.19 bits per heavy atom. The molecule has 4 nitrogen and oxygen atoms in total. The van der Waals surface area contributed by atoms with Gasteiger partial charge in [0.25, 0.3) is 0 Å². The molecule has 2 N–H and O–H groups in total. The number of nitrogens with two attached hydrogens (primary N) is 1. The van der Waals surface area contributed by atoms with Crippen LogP contribution >= 0.6 is 0 Å². The molecule has 0 spiro atoms. The van der Waals surface area contributed by atoms with Crippen molar-refractivity contribution in [3.8, 4) is 0 Å². The lowest BCUT2D eigenvalue weighted by molar-refractivity contribution is 0.100. The molecule has 1 heterocycles. The van der Waals surface area contributed by atoms with Crippen molar-refractivity contribution in [2.45, 2.75) is 50.7 Å². The number of hydrogen-bond acceptors (Lipinski definition) is 4. The van der Waals surface area contributed by atoms with Crippen LogP contribution in [0.15, 0.2) is 0 Å². The molecule has 1 saturated heterocycles. The molecule has 0 aromatic rings. The molecule has 1 aliphatic heterocycles. The van der Waals surface area contributed by atoms with Gasteiger partial charge in [0.1, 0.15) is 9.84 Å². The van der Waals surface area contributed by atoms with Gasteiger partial charge in [0.05, 0.1) is 6.10 Å². The highest BCUT2D eigenvalue weighted by atomic mass is 32.2. The van der Waals surface area contributed by atoms with E-state index in [0.29, 0.717) is 12.5 Å². The summed E-state index contributed by atoms with van der Waals surface area (Å²) in [7, 11) is -2.83. The van der Waals surface area contributed by atoms with E-state index in [4.69, 9.17) is 10.5 Å². The van der Waals surface area contributed by atoms with Crippen molar-refractivity contribution in [3.63, 3.8) is 0 Å². The van der Waals surface area contributed by atoms with Gasteiger partial charge >= 0.3 is 0 Å². The smallest absolute Gasteiger partial charge is 0.147 e. The molecule has 5 heteroatoms. The molecule has 1 aliphatic rings. The van der Waals surface area contributed by atoms with Gasteiger partial charge in [-0.05, 0) is 38.5 Å². The van der Waals surface area contributed by atoms with Crippen LogP contribution in [0.3, 0.4) is 0 Å². The Balaban J connectivity index is 2.04. The van der Waals surface area contributed by atoms with Gasteiger partial charge in [-0.25, -0.2) is 8.42 Å². The van der Waals surface area contributed by atoms with Crippen LogP contribution in [0.1, 0.15) is 38.5 Å². The lowest BCUT2D eigenvalue weighted by Crippen LogP contribution is -2.23. The summed E-state index contributed by atoms with van der Waals surface area (Å²) < 4.78 is 27.3. The summed E-state index contributed by atoms with van der Waals surface area (Å²) in [5, 5.41) is 0. The third kappa shape index (κ3) is 6.45. The number of rotatable bonds is 7. The Kier molecular flexibility index (Phi) is 5.72. The first kappa shape index (κ1) is 13.9. The minimum atomic E-state index is -2.83. The van der Waals surface area contributed by atoms with E-state index >= 15 is 0 Å². The lowest BCUT2D eigenvalue weighted by atomic mass is 10.0. The molecular weight excluding hydrogens is 226 g/mol. The molecular formula is C11H23NO3S. The predicted molar refractivity (Wildman–Crippen MR) is 65.1 cm³/mol. The maximum Gasteiger partial charge on any atom is 0.147 e. The summed E-state index contributed by atoms with van der Waals surface area (Å²) in [5.74, 6) is 0.251. The van der Waals surface area contributed by atoms with Crippen molar-refractivity contribution in [1.82, 2.24) is 0 Å². The average molecular weight is 249 g/mol. The van der Waals surface area contributed by atoms with E-state index in [-0.39, 0.29) is 11.8 Å². The average Bonchev–Trinajstić information content (AvgIpc) is 2.65. The highest BCUT2D eigenvalue weighted by molar-refractivity contribution is 7.90. The van der Waals surface area contributed by atoms with Gasteiger partial charge in [-0.15, -0.1) is 0 Å². The van der Waals surface area contributed by atoms with Crippen molar-refractivity contribution < 1.29 is 13.2 Å². The number of sulfone groups is 1.